The van der Waals surface area contributed by atoms with E-state index in [4.69, 9.17) is 4.74 Å². The number of allylic oxidation sites excluding steroid dienone is 1. The normalized spacial score (nSPS) is 38.0. The Balaban J connectivity index is 1.33. The van der Waals surface area contributed by atoms with Gasteiger partial charge in [-0.05, 0) is 104 Å². The molecule has 1 amide bonds. The molecule has 3 saturated carbocycles. The Morgan fingerprint density at radius 2 is 1.84 bits per heavy atom. The van der Waals surface area contributed by atoms with Crippen molar-refractivity contribution in [2.45, 2.75) is 144 Å². The predicted octanol–water partition coefficient (Wildman–Crippen LogP) is 8.67. The molecule has 0 spiro atoms. The number of carbonyl (C=O) groups is 1. The van der Waals surface area contributed by atoms with E-state index in [1.165, 1.54) is 51.4 Å². The SMILES string of the molecule is CCCC(O)CCNC(=O)O[C@H]1CC[C@@]2(C)C(=CCC3C4CCC([C@@H](C)CCCC(C)C)[C@@]4(C)CCC32)C1. The fraction of sp³-hybridized carbons (Fsp3) is 0.912. The number of aliphatic hydroxyl groups excluding tert-OH is 1. The second-order valence-electron chi connectivity index (χ2n) is 14.7. The quantitative estimate of drug-likeness (QED) is 0.263. The summed E-state index contributed by atoms with van der Waals surface area (Å²) in [4.78, 5) is 12.4. The summed E-state index contributed by atoms with van der Waals surface area (Å²) in [6.07, 6.45) is 18.4. The van der Waals surface area contributed by atoms with E-state index in [1.54, 1.807) is 5.57 Å². The molecule has 0 aliphatic heterocycles. The third-order valence-electron chi connectivity index (χ3n) is 11.9. The molecule has 0 aromatic heterocycles. The number of rotatable bonds is 11. The molecule has 0 heterocycles. The first-order valence-electron chi connectivity index (χ1n) is 16.4. The Morgan fingerprint density at radius 3 is 2.58 bits per heavy atom. The Labute approximate surface area is 234 Å². The average molecular weight is 530 g/mol. The molecule has 0 bridgehead atoms. The molecule has 38 heavy (non-hydrogen) atoms. The zero-order chi connectivity index (χ0) is 27.5. The van der Waals surface area contributed by atoms with Crippen LogP contribution < -0.4 is 5.32 Å². The summed E-state index contributed by atoms with van der Waals surface area (Å²) in [6.45, 7) is 15.1. The maximum Gasteiger partial charge on any atom is 0.407 e. The van der Waals surface area contributed by atoms with Gasteiger partial charge in [0.2, 0.25) is 0 Å². The van der Waals surface area contributed by atoms with Crippen LogP contribution in [-0.2, 0) is 4.74 Å². The lowest BCUT2D eigenvalue weighted by Gasteiger charge is -2.58. The minimum Gasteiger partial charge on any atom is -0.446 e. The van der Waals surface area contributed by atoms with Gasteiger partial charge in [0.1, 0.15) is 6.10 Å². The largest absolute Gasteiger partial charge is 0.446 e. The summed E-state index contributed by atoms with van der Waals surface area (Å²) >= 11 is 0. The molecule has 4 nitrogen and oxygen atoms in total. The van der Waals surface area contributed by atoms with Crippen LogP contribution in [0.25, 0.3) is 0 Å². The molecule has 0 radical (unpaired) electrons. The van der Waals surface area contributed by atoms with Crippen LogP contribution in [0.15, 0.2) is 11.6 Å². The first-order chi connectivity index (χ1) is 18.1. The van der Waals surface area contributed by atoms with Gasteiger partial charge >= 0.3 is 6.09 Å². The number of aliphatic hydroxyl groups is 1. The first-order valence-corrected chi connectivity index (χ1v) is 16.4. The van der Waals surface area contributed by atoms with Crippen molar-refractivity contribution in [1.29, 1.82) is 0 Å². The van der Waals surface area contributed by atoms with Gasteiger partial charge in [-0.15, -0.1) is 0 Å². The third-order valence-corrected chi connectivity index (χ3v) is 11.9. The summed E-state index contributed by atoms with van der Waals surface area (Å²) in [7, 11) is 0. The summed E-state index contributed by atoms with van der Waals surface area (Å²) in [5.41, 5.74) is 2.39. The van der Waals surface area contributed by atoms with Crippen LogP contribution in [0, 0.1) is 46.3 Å². The maximum absolute atomic E-state index is 12.4. The second-order valence-corrected chi connectivity index (χ2v) is 14.7. The molecule has 4 heteroatoms. The van der Waals surface area contributed by atoms with E-state index in [0.29, 0.717) is 18.4 Å². The number of amides is 1. The summed E-state index contributed by atoms with van der Waals surface area (Å²) in [5.74, 6) is 5.11. The molecule has 0 aromatic carbocycles. The highest BCUT2D eigenvalue weighted by Crippen LogP contribution is 2.67. The van der Waals surface area contributed by atoms with Gasteiger partial charge in [0.15, 0.2) is 0 Å². The lowest BCUT2D eigenvalue weighted by molar-refractivity contribution is -0.0581. The molecular formula is C34H59NO3. The Kier molecular flexibility index (Phi) is 9.97. The minimum absolute atomic E-state index is 0.0113. The number of carbonyl (C=O) groups excluding carboxylic acids is 1. The Hall–Kier alpha value is -1.03. The molecule has 4 aliphatic carbocycles. The monoisotopic (exact) mass is 529 g/mol. The highest BCUT2D eigenvalue weighted by Gasteiger charge is 2.59. The van der Waals surface area contributed by atoms with Crippen molar-refractivity contribution >= 4 is 6.09 Å². The van der Waals surface area contributed by atoms with Crippen molar-refractivity contribution in [3.63, 3.8) is 0 Å². The van der Waals surface area contributed by atoms with Crippen LogP contribution in [0.1, 0.15) is 131 Å². The van der Waals surface area contributed by atoms with Crippen LogP contribution >= 0.6 is 0 Å². The fourth-order valence-corrected chi connectivity index (χ4v) is 9.76. The molecule has 0 aromatic rings. The molecule has 218 valence electrons. The predicted molar refractivity (Wildman–Crippen MR) is 157 cm³/mol. The van der Waals surface area contributed by atoms with E-state index < -0.39 is 0 Å². The lowest BCUT2D eigenvalue weighted by Crippen LogP contribution is -2.51. The van der Waals surface area contributed by atoms with Crippen LogP contribution in [-0.4, -0.2) is 30.0 Å². The minimum atomic E-state index is -0.336. The standard InChI is InChI=1S/C34H59NO3/c1-7-9-26(36)18-21-35-32(37)38-27-16-19-33(5)25(22-27)12-13-28-30-15-14-29(24(4)11-8-10-23(2)3)34(30,6)20-17-31(28)33/h12,23-24,26-31,36H,7-11,13-22H2,1-6H3,(H,35,37)/t24-,26?,27-,28?,29?,30?,31?,33-,34+/m0/s1. The highest BCUT2D eigenvalue weighted by atomic mass is 16.6. The summed E-state index contributed by atoms with van der Waals surface area (Å²) in [5, 5.41) is 12.8. The van der Waals surface area contributed by atoms with Gasteiger partial charge in [0.25, 0.3) is 0 Å². The molecule has 3 fully saturated rings. The van der Waals surface area contributed by atoms with E-state index in [1.807, 2.05) is 0 Å². The van der Waals surface area contributed by atoms with E-state index in [0.717, 1.165) is 67.6 Å². The third kappa shape index (κ3) is 6.31. The van der Waals surface area contributed by atoms with Crippen molar-refractivity contribution in [2.24, 2.45) is 46.3 Å². The van der Waals surface area contributed by atoms with Crippen LogP contribution in [0.4, 0.5) is 4.79 Å². The second kappa shape index (κ2) is 12.6. The fourth-order valence-electron chi connectivity index (χ4n) is 9.76. The smallest absolute Gasteiger partial charge is 0.407 e. The number of hydrogen-bond acceptors (Lipinski definition) is 3. The zero-order valence-corrected chi connectivity index (χ0v) is 25.6. The molecule has 4 rings (SSSR count). The van der Waals surface area contributed by atoms with Gasteiger partial charge < -0.3 is 15.2 Å². The van der Waals surface area contributed by atoms with Crippen molar-refractivity contribution < 1.29 is 14.6 Å². The topological polar surface area (TPSA) is 58.6 Å². The van der Waals surface area contributed by atoms with Gasteiger partial charge in [0, 0.05) is 13.0 Å². The van der Waals surface area contributed by atoms with Gasteiger partial charge in [0.05, 0.1) is 6.10 Å². The maximum atomic E-state index is 12.4. The van der Waals surface area contributed by atoms with Crippen LogP contribution in [0.2, 0.25) is 0 Å². The van der Waals surface area contributed by atoms with Gasteiger partial charge in [-0.25, -0.2) is 4.79 Å². The highest BCUT2D eigenvalue weighted by molar-refractivity contribution is 5.67. The van der Waals surface area contributed by atoms with Gasteiger partial charge in [-0.3, -0.25) is 0 Å². The Morgan fingerprint density at radius 1 is 1.05 bits per heavy atom. The van der Waals surface area contributed by atoms with Crippen LogP contribution in [0.3, 0.4) is 0 Å². The first kappa shape index (κ1) is 29.9. The summed E-state index contributed by atoms with van der Waals surface area (Å²) in [6, 6.07) is 0. The number of nitrogens with one attached hydrogen (secondary N) is 1. The molecule has 0 saturated heterocycles. The van der Waals surface area contributed by atoms with Crippen molar-refractivity contribution in [3.05, 3.63) is 11.6 Å². The average Bonchev–Trinajstić information content (AvgIpc) is 3.21. The summed E-state index contributed by atoms with van der Waals surface area (Å²) < 4.78 is 5.86. The zero-order valence-electron chi connectivity index (χ0n) is 25.6. The van der Waals surface area contributed by atoms with Crippen molar-refractivity contribution in [2.75, 3.05) is 6.54 Å². The lowest BCUT2D eigenvalue weighted by atomic mass is 9.47. The molecule has 4 aliphatic rings. The van der Waals surface area contributed by atoms with Gasteiger partial charge in [-0.2, -0.15) is 0 Å². The van der Waals surface area contributed by atoms with E-state index in [-0.39, 0.29) is 23.7 Å². The van der Waals surface area contributed by atoms with Crippen LogP contribution in [0.5, 0.6) is 0 Å². The molecule has 5 unspecified atom stereocenters. The van der Waals surface area contributed by atoms with Gasteiger partial charge in [-0.1, -0.05) is 78.9 Å². The number of fused-ring (bicyclic) bond motifs is 5. The molecule has 9 atom stereocenters. The van der Waals surface area contributed by atoms with E-state index in [2.05, 4.69) is 52.9 Å². The molecule has 2 N–H and O–H groups in total. The van der Waals surface area contributed by atoms with Crippen molar-refractivity contribution in [3.8, 4) is 0 Å². The molecular weight excluding hydrogens is 470 g/mol. The Bertz CT molecular complexity index is 823. The van der Waals surface area contributed by atoms with Crippen molar-refractivity contribution in [1.82, 2.24) is 5.32 Å². The number of alkyl carbamates (subject to hydrolysis) is 1. The van der Waals surface area contributed by atoms with E-state index in [9.17, 15) is 9.90 Å². The van der Waals surface area contributed by atoms with E-state index >= 15 is 0 Å². The number of ether oxygens (including phenoxy) is 1. The number of hydrogen-bond donors (Lipinski definition) is 2.